The van der Waals surface area contributed by atoms with E-state index in [0.717, 1.165) is 0 Å². The molecule has 1 fully saturated rings. The normalized spacial score (nSPS) is 17.7. The van der Waals surface area contributed by atoms with Crippen molar-refractivity contribution in [3.05, 3.63) is 29.4 Å². The SMILES string of the molecule is CCOc1ncc(Cl)c2c(S(=O)(=O)N3CC[C@@H](N(C)C(=O)OC(C)(C)C)C3)cccc12. The van der Waals surface area contributed by atoms with Gasteiger partial charge in [0.1, 0.15) is 5.60 Å². The Kier molecular flexibility index (Phi) is 6.69. The molecule has 0 saturated carbocycles. The van der Waals surface area contributed by atoms with Crippen molar-refractivity contribution in [2.24, 2.45) is 0 Å². The van der Waals surface area contributed by atoms with Gasteiger partial charge in [0.25, 0.3) is 0 Å². The van der Waals surface area contributed by atoms with Gasteiger partial charge in [0.15, 0.2) is 0 Å². The maximum absolute atomic E-state index is 13.5. The summed E-state index contributed by atoms with van der Waals surface area (Å²) in [5.74, 6) is 0.336. The van der Waals surface area contributed by atoms with Crippen LogP contribution in [0.3, 0.4) is 0 Å². The zero-order valence-electron chi connectivity index (χ0n) is 18.4. The van der Waals surface area contributed by atoms with Crippen LogP contribution in [0.15, 0.2) is 29.3 Å². The standard InChI is InChI=1S/C21H28ClN3O5S/c1-6-29-19-15-8-7-9-17(18(15)16(22)12-23-19)31(27,28)25-11-10-14(13-25)24(5)20(26)30-21(2,3)4/h7-9,12,14H,6,10-11,13H2,1-5H3/t14-/m1/s1. The van der Waals surface area contributed by atoms with Crippen LogP contribution in [0.5, 0.6) is 5.88 Å². The van der Waals surface area contributed by atoms with Crippen molar-refractivity contribution in [1.29, 1.82) is 0 Å². The number of fused-ring (bicyclic) bond motifs is 1. The highest BCUT2D eigenvalue weighted by Crippen LogP contribution is 2.36. The molecule has 31 heavy (non-hydrogen) atoms. The van der Waals surface area contributed by atoms with Gasteiger partial charge in [0, 0.05) is 37.0 Å². The summed E-state index contributed by atoms with van der Waals surface area (Å²) in [4.78, 5) is 18.1. The highest BCUT2D eigenvalue weighted by atomic mass is 35.5. The van der Waals surface area contributed by atoms with Gasteiger partial charge in [0.05, 0.1) is 22.7 Å². The quantitative estimate of drug-likeness (QED) is 0.659. The van der Waals surface area contributed by atoms with Crippen LogP contribution in [0.25, 0.3) is 10.8 Å². The highest BCUT2D eigenvalue weighted by molar-refractivity contribution is 7.89. The van der Waals surface area contributed by atoms with Crippen molar-refractivity contribution >= 4 is 38.5 Å². The summed E-state index contributed by atoms with van der Waals surface area (Å²) in [5.41, 5.74) is -0.623. The number of hydrogen-bond acceptors (Lipinski definition) is 6. The predicted molar refractivity (Wildman–Crippen MR) is 119 cm³/mol. The van der Waals surface area contributed by atoms with E-state index < -0.39 is 21.7 Å². The van der Waals surface area contributed by atoms with Crippen LogP contribution in [0.1, 0.15) is 34.1 Å². The van der Waals surface area contributed by atoms with Crippen LogP contribution in [-0.2, 0) is 14.8 Å². The topological polar surface area (TPSA) is 89.0 Å². The molecule has 1 aromatic carbocycles. The average Bonchev–Trinajstić information content (AvgIpc) is 3.19. The lowest BCUT2D eigenvalue weighted by molar-refractivity contribution is 0.0232. The number of sulfonamides is 1. The maximum Gasteiger partial charge on any atom is 0.410 e. The molecular weight excluding hydrogens is 442 g/mol. The van der Waals surface area contributed by atoms with E-state index in [4.69, 9.17) is 21.1 Å². The monoisotopic (exact) mass is 469 g/mol. The van der Waals surface area contributed by atoms with Crippen molar-refractivity contribution in [3.8, 4) is 5.88 Å². The second-order valence-electron chi connectivity index (χ2n) is 8.42. The number of nitrogens with zero attached hydrogens (tertiary/aromatic N) is 3. The first-order valence-electron chi connectivity index (χ1n) is 10.1. The molecule has 170 valence electrons. The third-order valence-electron chi connectivity index (χ3n) is 5.04. The molecule has 0 bridgehead atoms. The lowest BCUT2D eigenvalue weighted by Crippen LogP contribution is -2.42. The Hall–Kier alpha value is -2.10. The minimum atomic E-state index is -3.86. The van der Waals surface area contributed by atoms with E-state index >= 15 is 0 Å². The van der Waals surface area contributed by atoms with E-state index in [0.29, 0.717) is 29.7 Å². The van der Waals surface area contributed by atoms with Gasteiger partial charge in [-0.05, 0) is 46.2 Å². The number of halogens is 1. The predicted octanol–water partition coefficient (Wildman–Crippen LogP) is 3.92. The van der Waals surface area contributed by atoms with Gasteiger partial charge < -0.3 is 14.4 Å². The molecule has 1 aromatic heterocycles. The molecule has 2 heterocycles. The molecule has 1 aliphatic rings. The molecule has 0 N–H and O–H groups in total. The molecule has 10 heteroatoms. The number of rotatable bonds is 5. The number of ether oxygens (including phenoxy) is 2. The molecule has 3 rings (SSSR count). The summed E-state index contributed by atoms with van der Waals surface area (Å²) in [7, 11) is -2.23. The molecule has 1 aliphatic heterocycles. The fraction of sp³-hybridized carbons (Fsp3) is 0.524. The molecule has 0 unspecified atom stereocenters. The molecule has 1 atom stereocenters. The van der Waals surface area contributed by atoms with Crippen LogP contribution in [0.4, 0.5) is 4.79 Å². The Labute approximate surface area is 188 Å². The smallest absolute Gasteiger partial charge is 0.410 e. The molecule has 1 saturated heterocycles. The minimum absolute atomic E-state index is 0.0962. The second kappa shape index (κ2) is 8.80. The van der Waals surface area contributed by atoms with Crippen molar-refractivity contribution < 1.29 is 22.7 Å². The first-order chi connectivity index (χ1) is 14.5. The third kappa shape index (κ3) is 4.88. The van der Waals surface area contributed by atoms with Crippen molar-refractivity contribution in [1.82, 2.24) is 14.2 Å². The Morgan fingerprint density at radius 3 is 2.71 bits per heavy atom. The van der Waals surface area contributed by atoms with Crippen molar-refractivity contribution in [2.75, 3.05) is 26.7 Å². The maximum atomic E-state index is 13.5. The van der Waals surface area contributed by atoms with E-state index in [2.05, 4.69) is 4.98 Å². The largest absolute Gasteiger partial charge is 0.478 e. The zero-order valence-corrected chi connectivity index (χ0v) is 20.0. The van der Waals surface area contributed by atoms with E-state index in [1.165, 1.54) is 21.5 Å². The lowest BCUT2D eigenvalue weighted by Gasteiger charge is -2.28. The van der Waals surface area contributed by atoms with Crippen LogP contribution in [-0.4, -0.2) is 67.1 Å². The Balaban J connectivity index is 1.90. The first kappa shape index (κ1) is 23.6. The molecule has 0 spiro atoms. The summed E-state index contributed by atoms with van der Waals surface area (Å²) >= 11 is 6.36. The van der Waals surface area contributed by atoms with Gasteiger partial charge in [-0.3, -0.25) is 0 Å². The number of hydrogen-bond donors (Lipinski definition) is 0. The number of likely N-dealkylation sites (N-methyl/N-ethyl adjacent to an activating group) is 1. The van der Waals surface area contributed by atoms with E-state index in [1.807, 2.05) is 6.92 Å². The van der Waals surface area contributed by atoms with Crippen molar-refractivity contribution in [3.63, 3.8) is 0 Å². The zero-order chi connectivity index (χ0) is 23.0. The van der Waals surface area contributed by atoms with Crippen molar-refractivity contribution in [2.45, 2.75) is 50.7 Å². The van der Waals surface area contributed by atoms with E-state index in [9.17, 15) is 13.2 Å². The van der Waals surface area contributed by atoms with E-state index in [-0.39, 0.29) is 29.0 Å². The highest BCUT2D eigenvalue weighted by Gasteiger charge is 2.37. The molecule has 2 aromatic rings. The number of pyridine rings is 1. The molecule has 0 radical (unpaired) electrons. The Bertz CT molecular complexity index is 1080. The fourth-order valence-electron chi connectivity index (χ4n) is 3.54. The second-order valence-corrected chi connectivity index (χ2v) is 10.7. The summed E-state index contributed by atoms with van der Waals surface area (Å²) in [6.07, 6.45) is 1.44. The number of carbonyl (C=O) groups is 1. The van der Waals surface area contributed by atoms with Crippen LogP contribution >= 0.6 is 11.6 Å². The first-order valence-corrected chi connectivity index (χ1v) is 11.9. The van der Waals surface area contributed by atoms with Crippen LogP contribution in [0.2, 0.25) is 5.02 Å². The van der Waals surface area contributed by atoms with Gasteiger partial charge in [-0.25, -0.2) is 18.2 Å². The summed E-state index contributed by atoms with van der Waals surface area (Å²) < 4.78 is 39.3. The number of amides is 1. The number of carbonyl (C=O) groups excluding carboxylic acids is 1. The van der Waals surface area contributed by atoms with Crippen LogP contribution < -0.4 is 4.74 Å². The lowest BCUT2D eigenvalue weighted by atomic mass is 10.2. The summed E-state index contributed by atoms with van der Waals surface area (Å²) in [6, 6.07) is 4.64. The minimum Gasteiger partial charge on any atom is -0.478 e. The number of benzene rings is 1. The van der Waals surface area contributed by atoms with Gasteiger partial charge in [0.2, 0.25) is 15.9 Å². The summed E-state index contributed by atoms with van der Waals surface area (Å²) in [6.45, 7) is 8.06. The number of aromatic nitrogens is 1. The van der Waals surface area contributed by atoms with Gasteiger partial charge in [-0.2, -0.15) is 4.31 Å². The Morgan fingerprint density at radius 2 is 2.06 bits per heavy atom. The fourth-order valence-corrected chi connectivity index (χ4v) is 5.57. The van der Waals surface area contributed by atoms with Crippen LogP contribution in [0, 0.1) is 0 Å². The summed E-state index contributed by atoms with van der Waals surface area (Å²) in [5, 5.41) is 1.16. The molecule has 8 nitrogen and oxygen atoms in total. The third-order valence-corrected chi connectivity index (χ3v) is 7.24. The van der Waals surface area contributed by atoms with Gasteiger partial charge in [-0.1, -0.05) is 17.7 Å². The molecule has 1 amide bonds. The van der Waals surface area contributed by atoms with Gasteiger partial charge in [-0.15, -0.1) is 0 Å². The van der Waals surface area contributed by atoms with Gasteiger partial charge >= 0.3 is 6.09 Å². The Morgan fingerprint density at radius 1 is 1.35 bits per heavy atom. The van der Waals surface area contributed by atoms with E-state index in [1.54, 1.807) is 40.0 Å². The molecular formula is C21H28ClN3O5S. The molecule has 0 aliphatic carbocycles. The average molecular weight is 470 g/mol.